The minimum absolute atomic E-state index is 0.564. The molecule has 0 saturated heterocycles. The first kappa shape index (κ1) is 33.9. The van der Waals surface area contributed by atoms with E-state index in [9.17, 15) is 0 Å². The highest BCUT2D eigenvalue weighted by atomic mass is 35.5. The van der Waals surface area contributed by atoms with Gasteiger partial charge in [0.05, 0.1) is 5.02 Å². The summed E-state index contributed by atoms with van der Waals surface area (Å²) in [5, 5.41) is 7.03. The van der Waals surface area contributed by atoms with Gasteiger partial charge in [-0.3, -0.25) is 0 Å². The van der Waals surface area contributed by atoms with Gasteiger partial charge in [-0.15, -0.1) is 0 Å². The van der Waals surface area contributed by atoms with Crippen molar-refractivity contribution in [1.29, 1.82) is 0 Å². The lowest BCUT2D eigenvalue weighted by Gasteiger charge is -2.11. The van der Waals surface area contributed by atoms with Crippen molar-refractivity contribution in [2.24, 2.45) is 0 Å². The second-order valence-corrected chi connectivity index (χ2v) is 15.0. The Labute approximate surface area is 339 Å². The molecule has 58 heavy (non-hydrogen) atoms. The summed E-state index contributed by atoms with van der Waals surface area (Å²) in [5.74, 6) is 1.76. The van der Waals surface area contributed by atoms with Gasteiger partial charge in [0.25, 0.3) is 0 Å². The van der Waals surface area contributed by atoms with Gasteiger partial charge in [0.1, 0.15) is 11.2 Å². The molecule has 0 bridgehead atoms. The van der Waals surface area contributed by atoms with Crippen LogP contribution in [0.15, 0.2) is 199 Å². The van der Waals surface area contributed by atoms with Crippen molar-refractivity contribution in [1.82, 2.24) is 15.0 Å². The Kier molecular flexibility index (Phi) is 8.16. The lowest BCUT2D eigenvalue weighted by atomic mass is 9.97. The molecule has 0 fully saturated rings. The molecule has 2 heterocycles. The van der Waals surface area contributed by atoms with E-state index in [1.807, 2.05) is 24.3 Å². The van der Waals surface area contributed by atoms with Crippen LogP contribution < -0.4 is 0 Å². The third-order valence-corrected chi connectivity index (χ3v) is 11.3. The molecular formula is C53H32ClN3O. The molecule has 5 heteroatoms. The van der Waals surface area contributed by atoms with Crippen molar-refractivity contribution in [3.63, 3.8) is 0 Å². The van der Waals surface area contributed by atoms with E-state index in [4.69, 9.17) is 31.0 Å². The van der Waals surface area contributed by atoms with Crippen LogP contribution >= 0.6 is 11.6 Å². The first-order valence-electron chi connectivity index (χ1n) is 19.3. The smallest absolute Gasteiger partial charge is 0.164 e. The highest BCUT2D eigenvalue weighted by Crippen LogP contribution is 2.41. The maximum atomic E-state index is 7.02. The predicted molar refractivity (Wildman–Crippen MR) is 240 cm³/mol. The van der Waals surface area contributed by atoms with Gasteiger partial charge >= 0.3 is 0 Å². The van der Waals surface area contributed by atoms with Crippen LogP contribution in [0.25, 0.3) is 111 Å². The Morgan fingerprint density at radius 2 is 0.810 bits per heavy atom. The van der Waals surface area contributed by atoms with Crippen molar-refractivity contribution in [3.05, 3.63) is 199 Å². The van der Waals surface area contributed by atoms with Crippen LogP contribution in [-0.2, 0) is 0 Å². The number of hydrogen-bond donors (Lipinski definition) is 0. The predicted octanol–water partition coefficient (Wildman–Crippen LogP) is 14.7. The molecule has 0 aliphatic carbocycles. The first-order chi connectivity index (χ1) is 28.6. The van der Waals surface area contributed by atoms with E-state index in [0.717, 1.165) is 76.8 Å². The minimum Gasteiger partial charge on any atom is -0.456 e. The first-order valence-corrected chi connectivity index (χ1v) is 19.6. The van der Waals surface area contributed by atoms with Crippen LogP contribution in [0.3, 0.4) is 0 Å². The van der Waals surface area contributed by atoms with E-state index in [2.05, 4.69) is 170 Å². The van der Waals surface area contributed by atoms with Crippen molar-refractivity contribution < 1.29 is 4.42 Å². The summed E-state index contributed by atoms with van der Waals surface area (Å²) < 4.78 is 6.48. The van der Waals surface area contributed by atoms with Crippen LogP contribution in [-0.4, -0.2) is 15.0 Å². The van der Waals surface area contributed by atoms with Crippen LogP contribution in [0.5, 0.6) is 0 Å². The largest absolute Gasteiger partial charge is 0.456 e. The molecular weight excluding hydrogens is 730 g/mol. The van der Waals surface area contributed by atoms with Crippen LogP contribution in [0, 0.1) is 0 Å². The third kappa shape index (κ3) is 6.08. The van der Waals surface area contributed by atoms with Gasteiger partial charge in [-0.05, 0) is 73.6 Å². The standard InChI is InChI=1S/C53H32ClN3O/c54-47-32-49-46(31-45(47)39-25-21-38(22-26-39)37-19-17-36(18-20-37)33-9-2-1-3-10-33)50-44(15-8-16-48(50)58-49)53-56-51(42-27-23-34-11-4-6-13-40(34)29-42)55-52(57-53)43-28-24-35-12-5-7-14-41(35)30-43/h1-32H. The summed E-state index contributed by atoms with van der Waals surface area (Å²) in [6.07, 6.45) is 0. The molecule has 9 aromatic carbocycles. The molecule has 0 atom stereocenters. The van der Waals surface area contributed by atoms with Gasteiger partial charge in [-0.25, -0.2) is 15.0 Å². The Morgan fingerprint density at radius 3 is 1.40 bits per heavy atom. The number of benzene rings is 9. The zero-order chi connectivity index (χ0) is 38.6. The topological polar surface area (TPSA) is 51.8 Å². The second kappa shape index (κ2) is 14.0. The van der Waals surface area contributed by atoms with E-state index in [0.29, 0.717) is 28.1 Å². The fourth-order valence-electron chi connectivity index (χ4n) is 7.99. The SMILES string of the molecule is Clc1cc2oc3cccc(-c4nc(-c5ccc6ccccc6c5)nc(-c5ccc6ccccc6c5)n4)c3c2cc1-c1ccc(-c2ccc(-c3ccccc3)cc2)cc1. The van der Waals surface area contributed by atoms with Crippen LogP contribution in [0.4, 0.5) is 0 Å². The summed E-state index contributed by atoms with van der Waals surface area (Å²) in [6.45, 7) is 0. The summed E-state index contributed by atoms with van der Waals surface area (Å²) in [4.78, 5) is 15.4. The summed E-state index contributed by atoms with van der Waals surface area (Å²) in [5.41, 5.74) is 10.7. The number of hydrogen-bond acceptors (Lipinski definition) is 4. The maximum absolute atomic E-state index is 7.02. The second-order valence-electron chi connectivity index (χ2n) is 14.6. The van der Waals surface area contributed by atoms with Crippen LogP contribution in [0.2, 0.25) is 5.02 Å². The molecule has 0 spiro atoms. The normalized spacial score (nSPS) is 11.5. The highest BCUT2D eigenvalue weighted by molar-refractivity contribution is 6.34. The molecule has 2 aromatic heterocycles. The van der Waals surface area contributed by atoms with Gasteiger partial charge < -0.3 is 4.42 Å². The Balaban J connectivity index is 1.03. The van der Waals surface area contributed by atoms with E-state index in [1.165, 1.54) is 11.1 Å². The van der Waals surface area contributed by atoms with Gasteiger partial charge in [0, 0.05) is 39.1 Å². The van der Waals surface area contributed by atoms with Crippen LogP contribution in [0.1, 0.15) is 0 Å². The molecule has 0 aliphatic rings. The molecule has 11 aromatic rings. The molecule has 0 N–H and O–H groups in total. The van der Waals surface area contributed by atoms with E-state index < -0.39 is 0 Å². The fraction of sp³-hybridized carbons (Fsp3) is 0. The van der Waals surface area contributed by atoms with E-state index >= 15 is 0 Å². The molecule has 11 rings (SSSR count). The molecule has 4 nitrogen and oxygen atoms in total. The molecule has 272 valence electrons. The minimum atomic E-state index is 0.564. The number of nitrogens with zero attached hydrogens (tertiary/aromatic N) is 3. The van der Waals surface area contributed by atoms with E-state index in [-0.39, 0.29) is 0 Å². The molecule has 0 saturated carbocycles. The average molecular weight is 762 g/mol. The highest BCUT2D eigenvalue weighted by Gasteiger charge is 2.20. The van der Waals surface area contributed by atoms with Crippen molar-refractivity contribution >= 4 is 55.1 Å². The monoisotopic (exact) mass is 761 g/mol. The van der Waals surface area contributed by atoms with Crippen molar-refractivity contribution in [2.45, 2.75) is 0 Å². The Bertz CT molecular complexity index is 3240. The van der Waals surface area contributed by atoms with E-state index in [1.54, 1.807) is 0 Å². The van der Waals surface area contributed by atoms with Crippen molar-refractivity contribution in [3.8, 4) is 67.5 Å². The van der Waals surface area contributed by atoms with Gasteiger partial charge in [0.2, 0.25) is 0 Å². The van der Waals surface area contributed by atoms with Crippen molar-refractivity contribution in [2.75, 3.05) is 0 Å². The fourth-order valence-corrected chi connectivity index (χ4v) is 8.26. The number of halogens is 1. The molecule has 0 aliphatic heterocycles. The maximum Gasteiger partial charge on any atom is 0.164 e. The zero-order valence-electron chi connectivity index (χ0n) is 31.1. The van der Waals surface area contributed by atoms with Gasteiger partial charge in [0.15, 0.2) is 17.5 Å². The summed E-state index contributed by atoms with van der Waals surface area (Å²) in [6, 6.07) is 67.1. The quantitative estimate of drug-likeness (QED) is 0.169. The molecule has 0 radical (unpaired) electrons. The Morgan fingerprint density at radius 1 is 0.328 bits per heavy atom. The number of aromatic nitrogens is 3. The molecule has 0 amide bonds. The summed E-state index contributed by atoms with van der Waals surface area (Å²) >= 11 is 7.02. The average Bonchev–Trinajstić information content (AvgIpc) is 3.66. The third-order valence-electron chi connectivity index (χ3n) is 11.0. The number of rotatable bonds is 6. The van der Waals surface area contributed by atoms with Gasteiger partial charge in [-0.1, -0.05) is 175 Å². The number of fused-ring (bicyclic) bond motifs is 5. The Hall–Kier alpha value is -7.40. The number of furan rings is 1. The summed E-state index contributed by atoms with van der Waals surface area (Å²) in [7, 11) is 0. The lowest BCUT2D eigenvalue weighted by molar-refractivity contribution is 0.669. The lowest BCUT2D eigenvalue weighted by Crippen LogP contribution is -2.00. The molecule has 0 unspecified atom stereocenters. The zero-order valence-corrected chi connectivity index (χ0v) is 31.9. The van der Waals surface area contributed by atoms with Gasteiger partial charge in [-0.2, -0.15) is 0 Å².